The molecule has 2 N–H and O–H groups in total. The van der Waals surface area contributed by atoms with E-state index in [1.807, 2.05) is 56.3 Å². The number of anilines is 1. The molecule has 0 atom stereocenters. The van der Waals surface area contributed by atoms with E-state index < -0.39 is 5.97 Å². The van der Waals surface area contributed by atoms with Crippen molar-refractivity contribution in [2.24, 2.45) is 0 Å². The second-order valence-corrected chi connectivity index (χ2v) is 9.39. The fourth-order valence-electron chi connectivity index (χ4n) is 4.99. The number of nitriles is 1. The number of nitrogens with zero attached hydrogens (tertiary/aromatic N) is 5. The number of aryl methyl sites for hydroxylation is 2. The molecule has 0 amide bonds. The van der Waals surface area contributed by atoms with Gasteiger partial charge in [0.25, 0.3) is 0 Å². The summed E-state index contributed by atoms with van der Waals surface area (Å²) in [7, 11) is 2.71. The second kappa shape index (κ2) is 11.0. The highest BCUT2D eigenvalue weighted by atomic mass is 16.5. The van der Waals surface area contributed by atoms with Crippen LogP contribution in [0, 0.1) is 32.1 Å². The number of carbonyl (C=O) groups excluding carboxylic acids is 1. The van der Waals surface area contributed by atoms with E-state index in [1.54, 1.807) is 17.6 Å². The molecule has 0 radical (unpaired) electrons. The van der Waals surface area contributed by atoms with E-state index in [4.69, 9.17) is 24.9 Å². The van der Waals surface area contributed by atoms with Gasteiger partial charge in [0.15, 0.2) is 5.65 Å². The molecular weight excluding hydrogens is 520 g/mol. The normalized spacial score (nSPS) is 10.8. The lowest BCUT2D eigenvalue weighted by atomic mass is 10.0. The van der Waals surface area contributed by atoms with Crippen LogP contribution in [0.15, 0.2) is 54.7 Å². The number of rotatable bonds is 7. The molecule has 10 heteroatoms. The third kappa shape index (κ3) is 4.67. The highest BCUT2D eigenvalue weighted by molar-refractivity contribution is 6.13. The summed E-state index contributed by atoms with van der Waals surface area (Å²) in [4.78, 5) is 26.8. The number of pyridine rings is 1. The molecule has 0 saturated heterocycles. The summed E-state index contributed by atoms with van der Waals surface area (Å²) in [5.74, 6) is 0.669. The molecule has 5 aromatic rings. The number of esters is 1. The van der Waals surface area contributed by atoms with Crippen LogP contribution in [0.3, 0.4) is 0 Å². The largest absolute Gasteiger partial charge is 0.489 e. The molecule has 3 heterocycles. The summed E-state index contributed by atoms with van der Waals surface area (Å²) in [5.41, 5.74) is 11.6. The van der Waals surface area contributed by atoms with Gasteiger partial charge >= 0.3 is 5.97 Å². The number of hydrogen-bond acceptors (Lipinski definition) is 9. The molecule has 206 valence electrons. The number of methoxy groups -OCH3 is 2. The molecule has 0 spiro atoms. The Labute approximate surface area is 237 Å². The van der Waals surface area contributed by atoms with Crippen LogP contribution < -0.4 is 15.2 Å². The lowest BCUT2D eigenvalue weighted by Crippen LogP contribution is -2.10. The third-order valence-corrected chi connectivity index (χ3v) is 6.87. The Kier molecular flexibility index (Phi) is 7.27. The van der Waals surface area contributed by atoms with Crippen molar-refractivity contribution in [3.05, 3.63) is 88.4 Å². The first-order valence-electron chi connectivity index (χ1n) is 12.8. The number of nitrogen functional groups attached to an aromatic ring is 1. The van der Waals surface area contributed by atoms with Crippen LogP contribution in [0.5, 0.6) is 11.6 Å². The van der Waals surface area contributed by atoms with Gasteiger partial charge in [-0.05, 0) is 44.0 Å². The van der Waals surface area contributed by atoms with Crippen molar-refractivity contribution >= 4 is 22.8 Å². The number of carbonyl (C=O) groups is 1. The smallest absolute Gasteiger partial charge is 0.342 e. The van der Waals surface area contributed by atoms with Gasteiger partial charge in [0, 0.05) is 17.3 Å². The molecule has 0 aliphatic heterocycles. The van der Waals surface area contributed by atoms with Crippen molar-refractivity contribution in [1.29, 1.82) is 5.26 Å². The summed E-state index contributed by atoms with van der Waals surface area (Å²) in [6, 6.07) is 17.5. The number of benzene rings is 2. The van der Waals surface area contributed by atoms with Crippen molar-refractivity contribution in [3.63, 3.8) is 0 Å². The molecule has 0 fully saturated rings. The van der Waals surface area contributed by atoms with E-state index in [9.17, 15) is 10.1 Å². The van der Waals surface area contributed by atoms with Crippen LogP contribution in [-0.2, 0) is 11.3 Å². The predicted molar refractivity (Wildman–Crippen MR) is 154 cm³/mol. The molecule has 3 aromatic heterocycles. The molecule has 10 nitrogen and oxygen atoms in total. The average Bonchev–Trinajstić information content (AvgIpc) is 3.27. The van der Waals surface area contributed by atoms with Crippen LogP contribution in [0.1, 0.15) is 38.4 Å². The van der Waals surface area contributed by atoms with Gasteiger partial charge in [0.05, 0.1) is 31.0 Å². The standard InChI is InChI=1S/C31H28N6O4/c1-17-11-12-23(41-16-20-9-7-6-8-10-20)18(2)27(17)37-28(33)25(31(38)40-5)24-26(35-19(3)36-29(24)37)21-13-14-34-30(39-4)22(21)15-32/h6-14H,16,33H2,1-5H3. The quantitative estimate of drug-likeness (QED) is 0.271. The first kappa shape index (κ1) is 27.1. The minimum atomic E-state index is -0.661. The molecule has 2 aromatic carbocycles. The zero-order chi connectivity index (χ0) is 29.3. The Morgan fingerprint density at radius 3 is 2.49 bits per heavy atom. The Morgan fingerprint density at radius 1 is 1.05 bits per heavy atom. The molecule has 0 bridgehead atoms. The summed E-state index contributed by atoms with van der Waals surface area (Å²) in [6.07, 6.45) is 1.51. The Balaban J connectivity index is 1.81. The number of aromatic nitrogens is 4. The van der Waals surface area contributed by atoms with Gasteiger partial charge in [-0.1, -0.05) is 36.4 Å². The van der Waals surface area contributed by atoms with E-state index >= 15 is 0 Å². The molecule has 0 unspecified atom stereocenters. The molecule has 0 aliphatic rings. The van der Waals surface area contributed by atoms with Crippen LogP contribution in [0.25, 0.3) is 28.0 Å². The Bertz CT molecular complexity index is 1840. The van der Waals surface area contributed by atoms with E-state index in [0.717, 1.165) is 16.7 Å². The second-order valence-electron chi connectivity index (χ2n) is 9.39. The van der Waals surface area contributed by atoms with Crippen molar-refractivity contribution in [1.82, 2.24) is 19.5 Å². The van der Waals surface area contributed by atoms with Gasteiger partial charge in [0.1, 0.15) is 41.2 Å². The van der Waals surface area contributed by atoms with Crippen LogP contribution in [0.4, 0.5) is 5.82 Å². The van der Waals surface area contributed by atoms with E-state index in [1.165, 1.54) is 20.4 Å². The highest BCUT2D eigenvalue weighted by Crippen LogP contribution is 2.41. The summed E-state index contributed by atoms with van der Waals surface area (Å²) in [6.45, 7) is 5.99. The topological polar surface area (TPSA) is 138 Å². The molecule has 0 saturated carbocycles. The Hall–Kier alpha value is -5.43. The van der Waals surface area contributed by atoms with Crippen LogP contribution in [-0.4, -0.2) is 39.7 Å². The average molecular weight is 549 g/mol. The SMILES string of the molecule is COC(=O)c1c(N)n(-c2c(C)ccc(OCc3ccccc3)c2C)c2nc(C)nc(-c3ccnc(OC)c3C#N)c12. The van der Waals surface area contributed by atoms with Gasteiger partial charge in [-0.15, -0.1) is 0 Å². The number of hydrogen-bond donors (Lipinski definition) is 1. The van der Waals surface area contributed by atoms with Crippen molar-refractivity contribution < 1.29 is 19.0 Å². The summed E-state index contributed by atoms with van der Waals surface area (Å²) >= 11 is 0. The summed E-state index contributed by atoms with van der Waals surface area (Å²) in [5, 5.41) is 10.3. The lowest BCUT2D eigenvalue weighted by molar-refractivity contribution is 0.0604. The van der Waals surface area contributed by atoms with Crippen molar-refractivity contribution in [2.45, 2.75) is 27.4 Å². The van der Waals surface area contributed by atoms with Gasteiger partial charge in [-0.25, -0.2) is 19.7 Å². The van der Waals surface area contributed by atoms with Gasteiger partial charge in [0.2, 0.25) is 5.88 Å². The molecular formula is C31H28N6O4. The van der Waals surface area contributed by atoms with Gasteiger partial charge in [-0.2, -0.15) is 5.26 Å². The van der Waals surface area contributed by atoms with Crippen molar-refractivity contribution in [2.75, 3.05) is 20.0 Å². The minimum absolute atomic E-state index is 0.0894. The summed E-state index contributed by atoms with van der Waals surface area (Å²) < 4.78 is 18.4. The fraction of sp³-hybridized carbons (Fsp3) is 0.194. The van der Waals surface area contributed by atoms with Crippen LogP contribution >= 0.6 is 0 Å². The highest BCUT2D eigenvalue weighted by Gasteiger charge is 2.30. The number of ether oxygens (including phenoxy) is 3. The van der Waals surface area contributed by atoms with Crippen molar-refractivity contribution in [3.8, 4) is 34.6 Å². The molecule has 5 rings (SSSR count). The lowest BCUT2D eigenvalue weighted by Gasteiger charge is -2.18. The number of nitrogens with two attached hydrogens (primary N) is 1. The van der Waals surface area contributed by atoms with Gasteiger partial charge < -0.3 is 19.9 Å². The number of fused-ring (bicyclic) bond motifs is 1. The third-order valence-electron chi connectivity index (χ3n) is 6.87. The monoisotopic (exact) mass is 548 g/mol. The molecule has 0 aliphatic carbocycles. The zero-order valence-corrected chi connectivity index (χ0v) is 23.3. The predicted octanol–water partition coefficient (Wildman–Crippen LogP) is 5.24. The van der Waals surface area contributed by atoms with E-state index in [0.29, 0.717) is 46.2 Å². The van der Waals surface area contributed by atoms with E-state index in [2.05, 4.69) is 16.0 Å². The minimum Gasteiger partial charge on any atom is -0.489 e. The molecule has 41 heavy (non-hydrogen) atoms. The first-order valence-corrected chi connectivity index (χ1v) is 12.8. The first-order chi connectivity index (χ1) is 19.8. The van der Waals surface area contributed by atoms with Crippen LogP contribution in [0.2, 0.25) is 0 Å². The fourth-order valence-corrected chi connectivity index (χ4v) is 4.99. The Morgan fingerprint density at radius 2 is 1.80 bits per heavy atom. The van der Waals surface area contributed by atoms with E-state index in [-0.39, 0.29) is 22.8 Å². The maximum absolute atomic E-state index is 13.2. The maximum atomic E-state index is 13.2. The van der Waals surface area contributed by atoms with Gasteiger partial charge in [-0.3, -0.25) is 4.57 Å². The zero-order valence-electron chi connectivity index (χ0n) is 23.3. The maximum Gasteiger partial charge on any atom is 0.342 e.